The fraction of sp³-hybridized carbons (Fsp3) is 0.0588. The first kappa shape index (κ1) is 14.9. The van der Waals surface area contributed by atoms with Crippen molar-refractivity contribution in [1.82, 2.24) is 9.38 Å². The molecule has 0 unspecified atom stereocenters. The van der Waals surface area contributed by atoms with E-state index in [-0.39, 0.29) is 22.6 Å². The fourth-order valence-corrected chi connectivity index (χ4v) is 2.69. The lowest BCUT2D eigenvalue weighted by Gasteiger charge is -2.05. The molecule has 0 saturated heterocycles. The summed E-state index contributed by atoms with van der Waals surface area (Å²) in [7, 11) is 1.36. The van der Waals surface area contributed by atoms with E-state index in [0.717, 1.165) is 0 Å². The molecule has 0 bridgehead atoms. The Labute approximate surface area is 140 Å². The quantitative estimate of drug-likeness (QED) is 0.324. The van der Waals surface area contributed by atoms with Gasteiger partial charge in [-0.05, 0) is 18.2 Å². The Kier molecular flexibility index (Phi) is 3.24. The first-order chi connectivity index (χ1) is 12.1. The van der Waals surface area contributed by atoms with E-state index in [0.29, 0.717) is 16.7 Å². The maximum absolute atomic E-state index is 12.4. The Bertz CT molecular complexity index is 1160. The SMILES string of the molecule is COc1cc([N+](=O)[O-])cc2cc(-c3cn4ccccc4n3)c(=O)oc12. The molecule has 0 atom stereocenters. The predicted octanol–water partition coefficient (Wildman–Crippen LogP) is 3.02. The second kappa shape index (κ2) is 5.45. The van der Waals surface area contributed by atoms with Gasteiger partial charge in [-0.15, -0.1) is 0 Å². The van der Waals surface area contributed by atoms with E-state index in [4.69, 9.17) is 9.15 Å². The van der Waals surface area contributed by atoms with E-state index < -0.39 is 10.5 Å². The molecule has 0 radical (unpaired) electrons. The third-order valence-corrected chi connectivity index (χ3v) is 3.85. The number of hydrogen-bond acceptors (Lipinski definition) is 6. The average molecular weight is 337 g/mol. The van der Waals surface area contributed by atoms with E-state index in [1.54, 1.807) is 16.7 Å². The molecule has 0 aliphatic rings. The zero-order valence-corrected chi connectivity index (χ0v) is 13.0. The molecule has 4 rings (SSSR count). The van der Waals surface area contributed by atoms with Gasteiger partial charge in [-0.3, -0.25) is 10.1 Å². The summed E-state index contributed by atoms with van der Waals surface area (Å²) in [6.45, 7) is 0. The number of ether oxygens (including phenoxy) is 1. The van der Waals surface area contributed by atoms with Crippen molar-refractivity contribution in [2.45, 2.75) is 0 Å². The molecule has 3 aromatic heterocycles. The van der Waals surface area contributed by atoms with Crippen molar-refractivity contribution in [3.63, 3.8) is 0 Å². The van der Waals surface area contributed by atoms with Gasteiger partial charge >= 0.3 is 5.63 Å². The van der Waals surface area contributed by atoms with Gasteiger partial charge < -0.3 is 13.6 Å². The molecular weight excluding hydrogens is 326 g/mol. The van der Waals surface area contributed by atoms with Gasteiger partial charge in [0.05, 0.1) is 29.4 Å². The van der Waals surface area contributed by atoms with Crippen LogP contribution in [0.1, 0.15) is 0 Å². The molecule has 0 N–H and O–H groups in total. The predicted molar refractivity (Wildman–Crippen MR) is 89.9 cm³/mol. The topological polar surface area (TPSA) is 99.9 Å². The van der Waals surface area contributed by atoms with Crippen LogP contribution in [0.3, 0.4) is 0 Å². The number of fused-ring (bicyclic) bond motifs is 2. The smallest absolute Gasteiger partial charge is 0.345 e. The molecule has 0 aliphatic carbocycles. The molecule has 124 valence electrons. The molecule has 0 spiro atoms. The third kappa shape index (κ3) is 2.40. The van der Waals surface area contributed by atoms with E-state index >= 15 is 0 Å². The molecule has 8 heteroatoms. The van der Waals surface area contributed by atoms with E-state index in [1.165, 1.54) is 25.3 Å². The highest BCUT2D eigenvalue weighted by atomic mass is 16.6. The van der Waals surface area contributed by atoms with Crippen LogP contribution in [0, 0.1) is 10.1 Å². The number of hydrogen-bond donors (Lipinski definition) is 0. The monoisotopic (exact) mass is 337 g/mol. The van der Waals surface area contributed by atoms with Crippen LogP contribution in [0.2, 0.25) is 0 Å². The summed E-state index contributed by atoms with van der Waals surface area (Å²) in [4.78, 5) is 27.3. The zero-order valence-electron chi connectivity index (χ0n) is 13.0. The summed E-state index contributed by atoms with van der Waals surface area (Å²) in [5, 5.41) is 11.5. The van der Waals surface area contributed by atoms with Crippen LogP contribution >= 0.6 is 0 Å². The summed E-state index contributed by atoms with van der Waals surface area (Å²) in [5.74, 6) is 0.128. The number of pyridine rings is 1. The van der Waals surface area contributed by atoms with Gasteiger partial charge in [0.25, 0.3) is 5.69 Å². The van der Waals surface area contributed by atoms with Crippen molar-refractivity contribution in [3.8, 4) is 17.0 Å². The summed E-state index contributed by atoms with van der Waals surface area (Å²) >= 11 is 0. The summed E-state index contributed by atoms with van der Waals surface area (Å²) in [5.41, 5.74) is 0.729. The molecule has 8 nitrogen and oxygen atoms in total. The number of nitro benzene ring substituents is 1. The van der Waals surface area contributed by atoms with Crippen LogP contribution < -0.4 is 10.4 Å². The van der Waals surface area contributed by atoms with Crippen LogP contribution in [-0.2, 0) is 0 Å². The van der Waals surface area contributed by atoms with Gasteiger partial charge in [0, 0.05) is 23.8 Å². The van der Waals surface area contributed by atoms with Crippen LogP contribution in [0.25, 0.3) is 27.9 Å². The Balaban J connectivity index is 2.00. The van der Waals surface area contributed by atoms with Crippen molar-refractivity contribution in [2.24, 2.45) is 0 Å². The standard InChI is InChI=1S/C17H11N3O5/c1-24-14-8-11(20(22)23)6-10-7-12(17(21)25-16(10)14)13-9-19-5-3-2-4-15(19)18-13/h2-9H,1H3. The Morgan fingerprint density at radius 2 is 2.12 bits per heavy atom. The number of aromatic nitrogens is 2. The van der Waals surface area contributed by atoms with Crippen molar-refractivity contribution in [2.75, 3.05) is 7.11 Å². The number of nitrogens with zero attached hydrogens (tertiary/aromatic N) is 3. The van der Waals surface area contributed by atoms with Gasteiger partial charge in [-0.1, -0.05) is 6.07 Å². The normalized spacial score (nSPS) is 11.1. The molecule has 0 amide bonds. The van der Waals surface area contributed by atoms with Gasteiger partial charge in [0.2, 0.25) is 0 Å². The Hall–Kier alpha value is -3.68. The second-order valence-electron chi connectivity index (χ2n) is 5.36. The first-order valence-corrected chi connectivity index (χ1v) is 7.31. The number of benzene rings is 1. The van der Waals surface area contributed by atoms with Crippen LogP contribution in [0.4, 0.5) is 5.69 Å². The summed E-state index contributed by atoms with van der Waals surface area (Å²) < 4.78 is 12.2. The van der Waals surface area contributed by atoms with Gasteiger partial charge in [0.15, 0.2) is 11.3 Å². The lowest BCUT2D eigenvalue weighted by molar-refractivity contribution is -0.384. The molecule has 3 heterocycles. The summed E-state index contributed by atoms with van der Waals surface area (Å²) in [6.07, 6.45) is 3.50. The molecule has 4 aromatic rings. The first-order valence-electron chi connectivity index (χ1n) is 7.31. The number of nitro groups is 1. The average Bonchev–Trinajstić information content (AvgIpc) is 3.04. The largest absolute Gasteiger partial charge is 0.493 e. The number of methoxy groups -OCH3 is 1. The Morgan fingerprint density at radius 3 is 2.84 bits per heavy atom. The van der Waals surface area contributed by atoms with Crippen molar-refractivity contribution in [3.05, 3.63) is 69.3 Å². The van der Waals surface area contributed by atoms with E-state index in [9.17, 15) is 14.9 Å². The van der Waals surface area contributed by atoms with Gasteiger partial charge in [-0.2, -0.15) is 0 Å². The zero-order chi connectivity index (χ0) is 17.6. The molecule has 25 heavy (non-hydrogen) atoms. The minimum atomic E-state index is -0.594. The van der Waals surface area contributed by atoms with Crippen LogP contribution in [-0.4, -0.2) is 21.4 Å². The summed E-state index contributed by atoms with van der Waals surface area (Å²) in [6, 6.07) is 9.56. The fourth-order valence-electron chi connectivity index (χ4n) is 2.69. The van der Waals surface area contributed by atoms with Crippen molar-refractivity contribution < 1.29 is 14.1 Å². The Morgan fingerprint density at radius 1 is 1.28 bits per heavy atom. The van der Waals surface area contributed by atoms with Crippen LogP contribution in [0.5, 0.6) is 5.75 Å². The number of imidazole rings is 1. The van der Waals surface area contributed by atoms with E-state index in [2.05, 4.69) is 4.98 Å². The molecule has 0 saturated carbocycles. The van der Waals surface area contributed by atoms with Crippen molar-refractivity contribution in [1.29, 1.82) is 0 Å². The lowest BCUT2D eigenvalue weighted by atomic mass is 10.1. The maximum atomic E-state index is 12.4. The van der Waals surface area contributed by atoms with Gasteiger partial charge in [-0.25, -0.2) is 9.78 Å². The van der Waals surface area contributed by atoms with Crippen LogP contribution in [0.15, 0.2) is 58.0 Å². The minimum Gasteiger partial charge on any atom is -0.493 e. The highest BCUT2D eigenvalue weighted by molar-refractivity contribution is 5.88. The molecule has 1 aromatic carbocycles. The highest BCUT2D eigenvalue weighted by Gasteiger charge is 2.18. The number of rotatable bonds is 3. The van der Waals surface area contributed by atoms with Crippen molar-refractivity contribution >= 4 is 22.3 Å². The minimum absolute atomic E-state index is 0.128. The van der Waals surface area contributed by atoms with E-state index in [1.807, 2.05) is 18.3 Å². The third-order valence-electron chi connectivity index (χ3n) is 3.85. The molecular formula is C17H11N3O5. The lowest BCUT2D eigenvalue weighted by Crippen LogP contribution is -2.04. The van der Waals surface area contributed by atoms with Gasteiger partial charge in [0.1, 0.15) is 5.65 Å². The second-order valence-corrected chi connectivity index (χ2v) is 5.36. The molecule has 0 fully saturated rings. The molecule has 0 aliphatic heterocycles. The number of non-ortho nitro benzene ring substituents is 1. The highest BCUT2D eigenvalue weighted by Crippen LogP contribution is 2.32. The maximum Gasteiger partial charge on any atom is 0.345 e.